The highest BCUT2D eigenvalue weighted by Crippen LogP contribution is 2.30. The van der Waals surface area contributed by atoms with Gasteiger partial charge in [-0.25, -0.2) is 0 Å². The fourth-order valence-corrected chi connectivity index (χ4v) is 2.95. The predicted molar refractivity (Wildman–Crippen MR) is 67.2 cm³/mol. The van der Waals surface area contributed by atoms with Gasteiger partial charge in [0, 0.05) is 25.4 Å². The van der Waals surface area contributed by atoms with Crippen LogP contribution >= 0.6 is 0 Å². The maximum atomic E-state index is 11.6. The first-order valence-electron chi connectivity index (χ1n) is 6.49. The van der Waals surface area contributed by atoms with Crippen molar-refractivity contribution >= 4 is 11.8 Å². The summed E-state index contributed by atoms with van der Waals surface area (Å²) in [6, 6.07) is 0.599. The Bertz CT molecular complexity index is 281. The Morgan fingerprint density at radius 1 is 1.24 bits per heavy atom. The van der Waals surface area contributed by atoms with Gasteiger partial charge >= 0.3 is 0 Å². The molecule has 0 saturated heterocycles. The average Bonchev–Trinajstić information content (AvgIpc) is 2.18. The normalized spacial score (nSPS) is 24.7. The lowest BCUT2D eigenvalue weighted by atomic mass is 9.83. The highest BCUT2D eigenvalue weighted by Gasteiger charge is 2.29. The molecule has 1 aliphatic rings. The highest BCUT2D eigenvalue weighted by atomic mass is 16.2. The van der Waals surface area contributed by atoms with Gasteiger partial charge in [0.2, 0.25) is 11.8 Å². The Balaban J connectivity index is 2.50. The molecule has 0 unspecified atom stereocenters. The molecule has 1 rings (SSSR count). The monoisotopic (exact) mass is 240 g/mol. The number of nitrogens with two attached hydrogens (primary N) is 1. The minimum absolute atomic E-state index is 0.151. The lowest BCUT2D eigenvalue weighted by Crippen LogP contribution is -2.45. The summed E-state index contributed by atoms with van der Waals surface area (Å²) >= 11 is 0. The number of amides is 2. The van der Waals surface area contributed by atoms with Crippen LogP contribution in [0.15, 0.2) is 0 Å². The Labute approximate surface area is 104 Å². The van der Waals surface area contributed by atoms with Crippen molar-refractivity contribution in [2.75, 3.05) is 0 Å². The number of hydrogen-bond donors (Lipinski definition) is 1. The van der Waals surface area contributed by atoms with Crippen molar-refractivity contribution in [1.29, 1.82) is 0 Å². The standard InChI is InChI=1S/C13H24N2O2/c1-9(2)15(10(3)16)12-6-4-11(5-7-12)8-13(14)17/h9,11-12H,4-8H2,1-3H3,(H2,14,17). The van der Waals surface area contributed by atoms with Crippen LogP contribution in [0.4, 0.5) is 0 Å². The van der Waals surface area contributed by atoms with E-state index in [-0.39, 0.29) is 17.9 Å². The summed E-state index contributed by atoms with van der Waals surface area (Å²) in [5, 5.41) is 0. The number of hydrogen-bond acceptors (Lipinski definition) is 2. The molecule has 0 radical (unpaired) electrons. The molecule has 2 N–H and O–H groups in total. The lowest BCUT2D eigenvalue weighted by Gasteiger charge is -2.38. The van der Waals surface area contributed by atoms with Gasteiger partial charge in [0.25, 0.3) is 0 Å². The van der Waals surface area contributed by atoms with Crippen LogP contribution < -0.4 is 5.73 Å². The molecule has 0 aromatic rings. The molecule has 0 bridgehead atoms. The second-order valence-corrected chi connectivity index (χ2v) is 5.37. The zero-order valence-electron chi connectivity index (χ0n) is 11.1. The van der Waals surface area contributed by atoms with Crippen LogP contribution in [0.3, 0.4) is 0 Å². The first kappa shape index (κ1) is 14.0. The molecule has 0 aromatic carbocycles. The number of nitrogens with zero attached hydrogens (tertiary/aromatic N) is 1. The van der Waals surface area contributed by atoms with Crippen molar-refractivity contribution in [3.8, 4) is 0 Å². The average molecular weight is 240 g/mol. The summed E-state index contributed by atoms with van der Waals surface area (Å²) in [6.45, 7) is 5.74. The number of rotatable bonds is 4. The quantitative estimate of drug-likeness (QED) is 0.812. The van der Waals surface area contributed by atoms with Crippen molar-refractivity contribution in [3.63, 3.8) is 0 Å². The molecule has 4 nitrogen and oxygen atoms in total. The molecule has 0 heterocycles. The van der Waals surface area contributed by atoms with Crippen molar-refractivity contribution in [2.45, 2.75) is 65.0 Å². The summed E-state index contributed by atoms with van der Waals surface area (Å²) in [5.74, 6) is 0.365. The summed E-state index contributed by atoms with van der Waals surface area (Å²) in [4.78, 5) is 24.4. The Hall–Kier alpha value is -1.06. The molecule has 0 aliphatic heterocycles. The van der Waals surface area contributed by atoms with Crippen LogP contribution in [0.25, 0.3) is 0 Å². The van der Waals surface area contributed by atoms with Gasteiger partial charge < -0.3 is 10.6 Å². The van der Waals surface area contributed by atoms with E-state index in [1.165, 1.54) is 0 Å². The van der Waals surface area contributed by atoms with E-state index in [9.17, 15) is 9.59 Å². The lowest BCUT2D eigenvalue weighted by molar-refractivity contribution is -0.134. The van der Waals surface area contributed by atoms with Gasteiger partial charge in [-0.3, -0.25) is 9.59 Å². The van der Waals surface area contributed by atoms with E-state index in [2.05, 4.69) is 13.8 Å². The molecular weight excluding hydrogens is 216 g/mol. The smallest absolute Gasteiger partial charge is 0.219 e. The molecule has 2 amide bonds. The fraction of sp³-hybridized carbons (Fsp3) is 0.846. The summed E-state index contributed by atoms with van der Waals surface area (Å²) in [7, 11) is 0. The second kappa shape index (κ2) is 6.03. The van der Waals surface area contributed by atoms with Crippen molar-refractivity contribution < 1.29 is 9.59 Å². The van der Waals surface area contributed by atoms with E-state index in [0.29, 0.717) is 18.4 Å². The Kier molecular flexibility index (Phi) is 4.97. The fourth-order valence-electron chi connectivity index (χ4n) is 2.95. The first-order chi connectivity index (χ1) is 7.91. The van der Waals surface area contributed by atoms with E-state index >= 15 is 0 Å². The number of carbonyl (C=O) groups excluding carboxylic acids is 2. The zero-order chi connectivity index (χ0) is 13.0. The topological polar surface area (TPSA) is 63.4 Å². The first-order valence-corrected chi connectivity index (χ1v) is 6.49. The van der Waals surface area contributed by atoms with Crippen LogP contribution in [0.5, 0.6) is 0 Å². The van der Waals surface area contributed by atoms with Crippen LogP contribution in [0.1, 0.15) is 52.9 Å². The van der Waals surface area contributed by atoms with Crippen LogP contribution in [-0.2, 0) is 9.59 Å². The molecule has 4 heteroatoms. The van der Waals surface area contributed by atoms with Crippen LogP contribution in [0.2, 0.25) is 0 Å². The maximum Gasteiger partial charge on any atom is 0.219 e. The molecule has 0 atom stereocenters. The van der Waals surface area contributed by atoms with Gasteiger partial charge in [-0.05, 0) is 45.4 Å². The van der Waals surface area contributed by atoms with Crippen molar-refractivity contribution in [1.82, 2.24) is 4.90 Å². The molecule has 1 saturated carbocycles. The molecule has 98 valence electrons. The number of primary amides is 1. The Morgan fingerprint density at radius 2 is 1.76 bits per heavy atom. The van der Waals surface area contributed by atoms with E-state index in [1.54, 1.807) is 6.92 Å². The third-order valence-corrected chi connectivity index (χ3v) is 3.62. The third kappa shape index (κ3) is 4.02. The maximum absolute atomic E-state index is 11.6. The van der Waals surface area contributed by atoms with Gasteiger partial charge in [0.05, 0.1) is 0 Å². The highest BCUT2D eigenvalue weighted by molar-refractivity contribution is 5.74. The molecule has 0 aromatic heterocycles. The van der Waals surface area contributed by atoms with E-state index in [4.69, 9.17) is 5.73 Å². The van der Waals surface area contributed by atoms with Crippen molar-refractivity contribution in [2.24, 2.45) is 11.7 Å². The minimum Gasteiger partial charge on any atom is -0.370 e. The van der Waals surface area contributed by atoms with E-state index in [0.717, 1.165) is 25.7 Å². The second-order valence-electron chi connectivity index (χ2n) is 5.37. The van der Waals surface area contributed by atoms with Crippen LogP contribution in [-0.4, -0.2) is 28.8 Å². The molecule has 0 spiro atoms. The summed E-state index contributed by atoms with van der Waals surface area (Å²) < 4.78 is 0. The van der Waals surface area contributed by atoms with Gasteiger partial charge in [0.1, 0.15) is 0 Å². The predicted octanol–water partition coefficient (Wildman–Crippen LogP) is 1.68. The zero-order valence-corrected chi connectivity index (χ0v) is 11.1. The minimum atomic E-state index is -0.208. The van der Waals surface area contributed by atoms with Gasteiger partial charge in [0.15, 0.2) is 0 Å². The van der Waals surface area contributed by atoms with Crippen LogP contribution in [0, 0.1) is 5.92 Å². The van der Waals surface area contributed by atoms with E-state index < -0.39 is 0 Å². The molecule has 17 heavy (non-hydrogen) atoms. The largest absolute Gasteiger partial charge is 0.370 e. The third-order valence-electron chi connectivity index (χ3n) is 3.62. The van der Waals surface area contributed by atoms with Crippen molar-refractivity contribution in [3.05, 3.63) is 0 Å². The molecule has 1 aliphatic carbocycles. The SMILES string of the molecule is CC(=O)N(C(C)C)C1CCC(CC(N)=O)CC1. The van der Waals surface area contributed by atoms with Gasteiger partial charge in [-0.1, -0.05) is 0 Å². The summed E-state index contributed by atoms with van der Waals surface area (Å²) in [5.41, 5.74) is 5.21. The molecule has 1 fully saturated rings. The summed E-state index contributed by atoms with van der Waals surface area (Å²) in [6.07, 6.45) is 4.49. The van der Waals surface area contributed by atoms with Gasteiger partial charge in [-0.15, -0.1) is 0 Å². The Morgan fingerprint density at radius 3 is 2.12 bits per heavy atom. The van der Waals surface area contributed by atoms with Gasteiger partial charge in [-0.2, -0.15) is 0 Å². The molecular formula is C13H24N2O2. The van der Waals surface area contributed by atoms with E-state index in [1.807, 2.05) is 4.90 Å². The number of carbonyl (C=O) groups is 2.